The van der Waals surface area contributed by atoms with Gasteiger partial charge in [0.25, 0.3) is 0 Å². The third-order valence-electron chi connectivity index (χ3n) is 6.42. The Labute approximate surface area is 168 Å². The van der Waals surface area contributed by atoms with Crippen LogP contribution in [0.2, 0.25) is 0 Å². The van der Waals surface area contributed by atoms with Gasteiger partial charge in [-0.25, -0.2) is 0 Å². The van der Waals surface area contributed by atoms with E-state index in [1.54, 1.807) is 14.2 Å². The molecule has 0 N–H and O–H groups in total. The summed E-state index contributed by atoms with van der Waals surface area (Å²) in [7, 11) is 3.08. The van der Waals surface area contributed by atoms with Gasteiger partial charge in [0.1, 0.15) is 6.10 Å². The predicted molar refractivity (Wildman–Crippen MR) is 113 cm³/mol. The number of benzene rings is 4. The number of hydrogen-bond donors (Lipinski definition) is 0. The molecule has 2 atom stereocenters. The summed E-state index contributed by atoms with van der Waals surface area (Å²) in [6.45, 7) is 0. The third-order valence-corrected chi connectivity index (χ3v) is 6.42. The highest BCUT2D eigenvalue weighted by atomic mass is 17.0. The molecular formula is C25H22O4. The molecule has 4 heteroatoms. The van der Waals surface area contributed by atoms with Crippen molar-refractivity contribution < 1.29 is 18.9 Å². The van der Waals surface area contributed by atoms with Crippen molar-refractivity contribution in [2.45, 2.75) is 31.2 Å². The maximum Gasteiger partial charge on any atom is 0.413 e. The zero-order valence-corrected chi connectivity index (χ0v) is 16.5. The van der Waals surface area contributed by atoms with Crippen molar-refractivity contribution in [3.8, 4) is 0 Å². The fourth-order valence-electron chi connectivity index (χ4n) is 4.99. The minimum absolute atomic E-state index is 0.0655. The summed E-state index contributed by atoms with van der Waals surface area (Å²) < 4.78 is 22.8. The molecule has 4 aromatic rings. The first-order chi connectivity index (χ1) is 14.2. The molecule has 4 aromatic carbocycles. The Morgan fingerprint density at radius 3 is 2.38 bits per heavy atom. The molecule has 1 fully saturated rings. The van der Waals surface area contributed by atoms with E-state index < -0.39 is 6.16 Å². The van der Waals surface area contributed by atoms with E-state index >= 15 is 0 Å². The van der Waals surface area contributed by atoms with Crippen LogP contribution in [0.15, 0.2) is 60.7 Å². The molecule has 0 radical (unpaired) electrons. The second kappa shape index (κ2) is 6.25. The first-order valence-electron chi connectivity index (χ1n) is 10.0. The molecule has 0 unspecified atom stereocenters. The van der Waals surface area contributed by atoms with E-state index in [1.807, 2.05) is 0 Å². The summed E-state index contributed by atoms with van der Waals surface area (Å²) in [4.78, 5) is 0. The highest BCUT2D eigenvalue weighted by molar-refractivity contribution is 6.12. The molecule has 6 rings (SSSR count). The van der Waals surface area contributed by atoms with Crippen LogP contribution in [-0.2, 0) is 25.4 Å². The van der Waals surface area contributed by atoms with Crippen LogP contribution in [0.1, 0.15) is 23.7 Å². The molecule has 0 spiro atoms. The molecule has 1 aliphatic carbocycles. The molecule has 0 saturated carbocycles. The van der Waals surface area contributed by atoms with E-state index in [0.717, 1.165) is 12.8 Å². The van der Waals surface area contributed by atoms with Crippen LogP contribution in [0.3, 0.4) is 0 Å². The lowest BCUT2D eigenvalue weighted by atomic mass is 9.83. The van der Waals surface area contributed by atoms with Crippen molar-refractivity contribution in [3.05, 3.63) is 71.8 Å². The molecule has 1 heterocycles. The first-order valence-corrected chi connectivity index (χ1v) is 10.0. The maximum absolute atomic E-state index is 6.11. The van der Waals surface area contributed by atoms with E-state index in [1.165, 1.54) is 43.4 Å². The Kier molecular flexibility index (Phi) is 3.74. The van der Waals surface area contributed by atoms with Crippen molar-refractivity contribution in [1.29, 1.82) is 0 Å². The molecular weight excluding hydrogens is 364 g/mol. The third kappa shape index (κ3) is 2.47. The number of methoxy groups -OCH3 is 2. The van der Waals surface area contributed by atoms with Crippen molar-refractivity contribution >= 4 is 32.3 Å². The maximum atomic E-state index is 6.11. The van der Waals surface area contributed by atoms with Gasteiger partial charge in [0.2, 0.25) is 0 Å². The van der Waals surface area contributed by atoms with E-state index in [2.05, 4.69) is 60.7 Å². The Balaban J connectivity index is 1.54. The monoisotopic (exact) mass is 386 g/mol. The summed E-state index contributed by atoms with van der Waals surface area (Å²) >= 11 is 0. The zero-order chi connectivity index (χ0) is 19.6. The second-order valence-corrected chi connectivity index (χ2v) is 7.86. The Bertz CT molecular complexity index is 1260. The number of hydrogen-bond acceptors (Lipinski definition) is 4. The fraction of sp³-hybridized carbons (Fsp3) is 0.280. The lowest BCUT2D eigenvalue weighted by Gasteiger charge is -2.26. The summed E-state index contributed by atoms with van der Waals surface area (Å²) in [5, 5.41) is 7.67. The molecule has 0 amide bonds. The summed E-state index contributed by atoms with van der Waals surface area (Å²) in [5.41, 5.74) is 2.51. The van der Waals surface area contributed by atoms with Crippen molar-refractivity contribution in [2.75, 3.05) is 14.2 Å². The van der Waals surface area contributed by atoms with Crippen molar-refractivity contribution in [3.63, 3.8) is 0 Å². The molecule has 2 aliphatic rings. The minimum atomic E-state index is -1.41. The lowest BCUT2D eigenvalue weighted by molar-refractivity contribution is -0.456. The Morgan fingerprint density at radius 1 is 0.793 bits per heavy atom. The highest BCUT2D eigenvalue weighted by Crippen LogP contribution is 2.47. The topological polar surface area (TPSA) is 36.9 Å². The largest absolute Gasteiger partial charge is 0.413 e. The SMILES string of the molecule is COC1(OC)O[C@H]2CCc3c(ccc4cc5c(ccc6ccccc65)cc34)[C@H]2O1. The van der Waals surface area contributed by atoms with Gasteiger partial charge < -0.3 is 9.47 Å². The Hall–Kier alpha value is -2.50. The molecule has 0 aromatic heterocycles. The number of aryl methyl sites for hydroxylation is 1. The van der Waals surface area contributed by atoms with E-state index in [9.17, 15) is 0 Å². The Morgan fingerprint density at radius 2 is 1.52 bits per heavy atom. The average molecular weight is 386 g/mol. The molecule has 1 saturated heterocycles. The number of ether oxygens (including phenoxy) is 4. The van der Waals surface area contributed by atoms with Crippen LogP contribution < -0.4 is 0 Å². The van der Waals surface area contributed by atoms with Crippen LogP contribution in [0, 0.1) is 0 Å². The van der Waals surface area contributed by atoms with E-state index in [4.69, 9.17) is 18.9 Å². The van der Waals surface area contributed by atoms with Crippen LogP contribution in [0.5, 0.6) is 0 Å². The van der Waals surface area contributed by atoms with Crippen molar-refractivity contribution in [1.82, 2.24) is 0 Å². The quantitative estimate of drug-likeness (QED) is 0.261. The summed E-state index contributed by atoms with van der Waals surface area (Å²) in [6.07, 6.45) is 0.161. The van der Waals surface area contributed by atoms with Gasteiger partial charge in [-0.15, -0.1) is 0 Å². The lowest BCUT2D eigenvalue weighted by Crippen LogP contribution is -2.35. The smallest absolute Gasteiger partial charge is 0.307 e. The molecule has 1 aliphatic heterocycles. The normalized spacial score (nSPS) is 22.8. The zero-order valence-electron chi connectivity index (χ0n) is 16.5. The van der Waals surface area contributed by atoms with Crippen LogP contribution in [0.4, 0.5) is 0 Å². The second-order valence-electron chi connectivity index (χ2n) is 7.86. The first kappa shape index (κ1) is 17.4. The van der Waals surface area contributed by atoms with E-state index in [0.29, 0.717) is 0 Å². The van der Waals surface area contributed by atoms with Crippen molar-refractivity contribution in [2.24, 2.45) is 0 Å². The van der Waals surface area contributed by atoms with Gasteiger partial charge in [0, 0.05) is 14.2 Å². The van der Waals surface area contributed by atoms with E-state index in [-0.39, 0.29) is 12.2 Å². The van der Waals surface area contributed by atoms with Gasteiger partial charge in [-0.3, -0.25) is 9.47 Å². The molecule has 146 valence electrons. The average Bonchev–Trinajstić information content (AvgIpc) is 3.17. The van der Waals surface area contributed by atoms with Gasteiger partial charge in [-0.05, 0) is 68.4 Å². The fourth-order valence-corrected chi connectivity index (χ4v) is 4.99. The predicted octanol–water partition coefficient (Wildman–Crippen LogP) is 5.45. The number of rotatable bonds is 2. The van der Waals surface area contributed by atoms with Gasteiger partial charge in [0.15, 0.2) is 0 Å². The highest BCUT2D eigenvalue weighted by Gasteiger charge is 2.51. The molecule has 29 heavy (non-hydrogen) atoms. The minimum Gasteiger partial charge on any atom is -0.307 e. The van der Waals surface area contributed by atoms with Gasteiger partial charge in [-0.2, -0.15) is 0 Å². The van der Waals surface area contributed by atoms with Crippen LogP contribution in [0.25, 0.3) is 32.3 Å². The molecule has 0 bridgehead atoms. The summed E-state index contributed by atoms with van der Waals surface area (Å²) in [5.74, 6) is 0. The van der Waals surface area contributed by atoms with Crippen LogP contribution in [-0.4, -0.2) is 26.5 Å². The van der Waals surface area contributed by atoms with Gasteiger partial charge >= 0.3 is 6.16 Å². The molecule has 4 nitrogen and oxygen atoms in total. The summed E-state index contributed by atoms with van der Waals surface area (Å²) in [6, 6.07) is 22.0. The van der Waals surface area contributed by atoms with Gasteiger partial charge in [0.05, 0.1) is 6.10 Å². The van der Waals surface area contributed by atoms with Crippen LogP contribution >= 0.6 is 0 Å². The standard InChI is InChI=1S/C25H22O4/c1-26-25(27-2)28-23-12-11-19-20(24(23)29-25)10-9-17-13-21-16(14-22(17)19)8-7-15-5-3-4-6-18(15)21/h3-10,13-14,23-24H,11-12H2,1-2H3/t23-,24+/m0/s1. The van der Waals surface area contributed by atoms with Gasteiger partial charge in [-0.1, -0.05) is 48.5 Å². The number of fused-ring (bicyclic) bond motifs is 8.